The Kier molecular flexibility index (Phi) is 7.27. The maximum absolute atomic E-state index is 13.0. The molecule has 0 saturated heterocycles. The van der Waals surface area contributed by atoms with Crippen LogP contribution in [0.2, 0.25) is 0 Å². The van der Waals surface area contributed by atoms with Gasteiger partial charge in [0.05, 0.1) is 19.1 Å². The van der Waals surface area contributed by atoms with Gasteiger partial charge in [0.15, 0.2) is 4.80 Å². The van der Waals surface area contributed by atoms with E-state index in [1.165, 1.54) is 35.6 Å². The van der Waals surface area contributed by atoms with Crippen LogP contribution in [0, 0.1) is 6.92 Å². The predicted octanol–water partition coefficient (Wildman–Crippen LogP) is 4.76. The number of amides is 1. The molecule has 3 aromatic carbocycles. The summed E-state index contributed by atoms with van der Waals surface area (Å²) in [6, 6.07) is 16.3. The smallest absolute Gasteiger partial charge is 0.279 e. The van der Waals surface area contributed by atoms with Gasteiger partial charge in [-0.15, -0.1) is 6.58 Å². The first-order chi connectivity index (χ1) is 17.3. The Morgan fingerprint density at radius 1 is 1.03 bits per heavy atom. The summed E-state index contributed by atoms with van der Waals surface area (Å²) >= 11 is 1.31. The lowest BCUT2D eigenvalue weighted by Gasteiger charge is -2.09. The third-order valence-electron chi connectivity index (χ3n) is 5.42. The molecule has 0 aliphatic heterocycles. The molecule has 0 saturated carbocycles. The maximum Gasteiger partial charge on any atom is 0.279 e. The standard InChI is InChI=1S/C26H25N3O5S2/c1-5-16-29-23-21(33-3)14-15-22(34-4)24(23)35-26(29)27-25(30)18-8-10-19(11-9-18)28-36(31,32)20-12-6-17(2)7-13-20/h5-15,28H,1,16H2,2-4H3. The molecule has 0 fully saturated rings. The SMILES string of the molecule is C=CCn1c(=NC(=O)c2ccc(NS(=O)(=O)c3ccc(C)cc3)cc2)sc2c(OC)ccc(OC)c21. The number of nitrogens with one attached hydrogen (secondary N) is 1. The van der Waals surface area contributed by atoms with Gasteiger partial charge in [-0.1, -0.05) is 35.1 Å². The zero-order valence-corrected chi connectivity index (χ0v) is 21.7. The van der Waals surface area contributed by atoms with E-state index in [1.807, 2.05) is 11.5 Å². The first-order valence-electron chi connectivity index (χ1n) is 10.9. The molecular weight excluding hydrogens is 498 g/mol. The molecule has 0 aliphatic carbocycles. The van der Waals surface area contributed by atoms with Crippen LogP contribution < -0.4 is 19.0 Å². The van der Waals surface area contributed by atoms with Crippen LogP contribution in [0.4, 0.5) is 5.69 Å². The van der Waals surface area contributed by atoms with Gasteiger partial charge in [0.2, 0.25) is 0 Å². The number of rotatable bonds is 8. The van der Waals surface area contributed by atoms with Crippen molar-refractivity contribution in [2.75, 3.05) is 18.9 Å². The van der Waals surface area contributed by atoms with Gasteiger partial charge in [-0.05, 0) is 55.5 Å². The molecule has 0 aliphatic rings. The first-order valence-corrected chi connectivity index (χ1v) is 13.2. The van der Waals surface area contributed by atoms with Gasteiger partial charge in [-0.3, -0.25) is 9.52 Å². The number of sulfonamides is 1. The highest BCUT2D eigenvalue weighted by atomic mass is 32.2. The van der Waals surface area contributed by atoms with E-state index in [1.54, 1.807) is 56.7 Å². The Bertz CT molecular complexity index is 1600. The number of hydrogen-bond donors (Lipinski definition) is 1. The summed E-state index contributed by atoms with van der Waals surface area (Å²) in [6.45, 7) is 6.11. The van der Waals surface area contributed by atoms with E-state index in [-0.39, 0.29) is 4.90 Å². The van der Waals surface area contributed by atoms with Crippen molar-refractivity contribution in [2.24, 2.45) is 4.99 Å². The lowest BCUT2D eigenvalue weighted by atomic mass is 10.2. The molecule has 36 heavy (non-hydrogen) atoms. The Labute approximate surface area is 213 Å². The maximum atomic E-state index is 13.0. The highest BCUT2D eigenvalue weighted by Gasteiger charge is 2.17. The van der Waals surface area contributed by atoms with Gasteiger partial charge in [-0.2, -0.15) is 4.99 Å². The minimum Gasteiger partial charge on any atom is -0.495 e. The fourth-order valence-electron chi connectivity index (χ4n) is 3.60. The number of thiazole rings is 1. The minimum atomic E-state index is -3.74. The average molecular weight is 524 g/mol. The van der Waals surface area contributed by atoms with Crippen LogP contribution >= 0.6 is 11.3 Å². The summed E-state index contributed by atoms with van der Waals surface area (Å²) in [5.41, 5.74) is 2.37. The molecule has 1 heterocycles. The van der Waals surface area contributed by atoms with Crippen molar-refractivity contribution in [3.8, 4) is 11.5 Å². The third kappa shape index (κ3) is 5.05. The Morgan fingerprint density at radius 2 is 1.67 bits per heavy atom. The van der Waals surface area contributed by atoms with E-state index >= 15 is 0 Å². The number of carbonyl (C=O) groups is 1. The van der Waals surface area contributed by atoms with Crippen molar-refractivity contribution < 1.29 is 22.7 Å². The van der Waals surface area contributed by atoms with Gasteiger partial charge in [0.25, 0.3) is 15.9 Å². The van der Waals surface area contributed by atoms with Crippen LogP contribution in [-0.2, 0) is 16.6 Å². The van der Waals surface area contributed by atoms with Gasteiger partial charge in [-0.25, -0.2) is 8.42 Å². The van der Waals surface area contributed by atoms with E-state index < -0.39 is 15.9 Å². The molecule has 1 N–H and O–H groups in total. The summed E-state index contributed by atoms with van der Waals surface area (Å²) in [5.74, 6) is 0.806. The number of benzene rings is 3. The van der Waals surface area contributed by atoms with E-state index in [0.29, 0.717) is 34.1 Å². The second kappa shape index (κ2) is 10.4. The highest BCUT2D eigenvalue weighted by molar-refractivity contribution is 7.92. The van der Waals surface area contributed by atoms with Gasteiger partial charge >= 0.3 is 0 Å². The van der Waals surface area contributed by atoms with Crippen molar-refractivity contribution in [3.63, 3.8) is 0 Å². The highest BCUT2D eigenvalue weighted by Crippen LogP contribution is 2.35. The number of ether oxygens (including phenoxy) is 2. The van der Waals surface area contributed by atoms with Crippen molar-refractivity contribution >= 4 is 43.2 Å². The quantitative estimate of drug-likeness (QED) is 0.336. The molecule has 0 bridgehead atoms. The van der Waals surface area contributed by atoms with E-state index in [9.17, 15) is 13.2 Å². The molecule has 0 atom stereocenters. The number of fused-ring (bicyclic) bond motifs is 1. The number of carbonyl (C=O) groups excluding carboxylic acids is 1. The van der Waals surface area contributed by atoms with Crippen LogP contribution in [0.5, 0.6) is 11.5 Å². The third-order valence-corrected chi connectivity index (χ3v) is 7.91. The molecule has 1 aromatic heterocycles. The Morgan fingerprint density at radius 3 is 2.28 bits per heavy atom. The fourth-order valence-corrected chi connectivity index (χ4v) is 5.81. The molecule has 0 unspecified atom stereocenters. The number of methoxy groups -OCH3 is 2. The normalized spacial score (nSPS) is 11.9. The van der Waals surface area contributed by atoms with Gasteiger partial charge in [0, 0.05) is 17.8 Å². The first kappa shape index (κ1) is 25.2. The summed E-state index contributed by atoms with van der Waals surface area (Å²) in [5, 5.41) is 0. The summed E-state index contributed by atoms with van der Waals surface area (Å²) in [4.78, 5) is 18.0. The molecule has 4 aromatic rings. The van der Waals surface area contributed by atoms with Crippen LogP contribution in [0.1, 0.15) is 15.9 Å². The molecule has 0 radical (unpaired) electrons. The number of allylic oxidation sites excluding steroid dienone is 1. The van der Waals surface area contributed by atoms with Gasteiger partial charge in [0.1, 0.15) is 21.7 Å². The van der Waals surface area contributed by atoms with Crippen LogP contribution in [0.3, 0.4) is 0 Å². The monoisotopic (exact) mass is 523 g/mol. The number of anilines is 1. The molecular formula is C26H25N3O5S2. The second-order valence-corrected chi connectivity index (χ2v) is 10.5. The summed E-state index contributed by atoms with van der Waals surface area (Å²) < 4.78 is 41.4. The van der Waals surface area contributed by atoms with Crippen molar-refractivity contribution in [1.82, 2.24) is 4.57 Å². The summed E-state index contributed by atoms with van der Waals surface area (Å²) in [6.07, 6.45) is 1.71. The molecule has 4 rings (SSSR count). The number of nitrogens with zero attached hydrogens (tertiary/aromatic N) is 2. The van der Waals surface area contributed by atoms with Crippen LogP contribution in [0.15, 0.2) is 83.2 Å². The number of hydrogen-bond acceptors (Lipinski definition) is 6. The summed E-state index contributed by atoms with van der Waals surface area (Å²) in [7, 11) is -0.589. The van der Waals surface area contributed by atoms with Crippen LogP contribution in [-0.4, -0.2) is 33.1 Å². The van der Waals surface area contributed by atoms with Crippen molar-refractivity contribution in [1.29, 1.82) is 0 Å². The zero-order valence-electron chi connectivity index (χ0n) is 20.0. The van der Waals surface area contributed by atoms with Crippen molar-refractivity contribution in [2.45, 2.75) is 18.4 Å². The van der Waals surface area contributed by atoms with E-state index in [4.69, 9.17) is 9.47 Å². The topological polar surface area (TPSA) is 99.0 Å². The Balaban J connectivity index is 1.66. The van der Waals surface area contributed by atoms with Gasteiger partial charge < -0.3 is 14.0 Å². The molecule has 186 valence electrons. The molecule has 0 spiro atoms. The molecule has 10 heteroatoms. The minimum absolute atomic E-state index is 0.158. The second-order valence-electron chi connectivity index (χ2n) is 7.84. The molecule has 1 amide bonds. The van der Waals surface area contributed by atoms with E-state index in [2.05, 4.69) is 16.3 Å². The number of aryl methyl sites for hydroxylation is 1. The average Bonchev–Trinajstić information content (AvgIpc) is 3.22. The Hall–Kier alpha value is -3.89. The number of aromatic nitrogens is 1. The zero-order chi connectivity index (χ0) is 25.9. The lowest BCUT2D eigenvalue weighted by Crippen LogP contribution is -2.16. The van der Waals surface area contributed by atoms with Crippen molar-refractivity contribution in [3.05, 3.63) is 89.2 Å². The predicted molar refractivity (Wildman–Crippen MR) is 141 cm³/mol. The van der Waals surface area contributed by atoms with Crippen LogP contribution in [0.25, 0.3) is 10.2 Å². The largest absolute Gasteiger partial charge is 0.495 e. The molecule has 8 nitrogen and oxygen atoms in total. The lowest BCUT2D eigenvalue weighted by molar-refractivity contribution is 0.0998. The van der Waals surface area contributed by atoms with E-state index in [0.717, 1.165) is 15.8 Å². The fraction of sp³-hybridized carbons (Fsp3) is 0.154.